The monoisotopic (exact) mass is 232 g/mol. The summed E-state index contributed by atoms with van der Waals surface area (Å²) >= 11 is 9.69. The molecule has 0 aromatic heterocycles. The third-order valence-corrected chi connectivity index (χ3v) is 3.76. The van der Waals surface area contributed by atoms with Crippen LogP contribution < -0.4 is 0 Å². The second-order valence-electron chi connectivity index (χ2n) is 3.08. The van der Waals surface area contributed by atoms with Crippen molar-refractivity contribution in [3.05, 3.63) is 23.3 Å². The second kappa shape index (κ2) is 2.63. The Labute approximate surface area is 80.4 Å². The van der Waals surface area contributed by atoms with Gasteiger partial charge in [-0.25, -0.2) is 0 Å². The van der Waals surface area contributed by atoms with Crippen molar-refractivity contribution in [2.24, 2.45) is 0 Å². The zero-order valence-corrected chi connectivity index (χ0v) is 8.58. The van der Waals surface area contributed by atoms with Gasteiger partial charge in [-0.15, -0.1) is 0 Å². The third kappa shape index (κ3) is 1.29. The quantitative estimate of drug-likeness (QED) is 0.441. The molecule has 0 aromatic rings. The maximum Gasteiger partial charge on any atom is 0.142 e. The maximum absolute atomic E-state index is 6.17. The fourth-order valence-electron chi connectivity index (χ4n) is 1.64. The minimum Gasteiger partial charge on any atom is -0.0968 e. The lowest BCUT2D eigenvalue weighted by atomic mass is 10.1. The highest BCUT2D eigenvalue weighted by Gasteiger charge is 2.48. The van der Waals surface area contributed by atoms with Crippen LogP contribution in [0.4, 0.5) is 0 Å². The van der Waals surface area contributed by atoms with Crippen LogP contribution in [0.15, 0.2) is 23.3 Å². The first-order valence-electron chi connectivity index (χ1n) is 3.98. The maximum atomic E-state index is 6.17. The Hall–Kier alpha value is 0.250. The molecule has 0 nitrogen and oxygen atoms in total. The highest BCUT2D eigenvalue weighted by Crippen LogP contribution is 2.58. The fourth-order valence-corrected chi connectivity index (χ4v) is 2.78. The summed E-state index contributed by atoms with van der Waals surface area (Å²) in [5.41, 5.74) is 2.87. The van der Waals surface area contributed by atoms with Crippen LogP contribution in [0, 0.1) is 0 Å². The van der Waals surface area contributed by atoms with E-state index in [0.717, 1.165) is 25.7 Å². The molecule has 0 amide bonds. The van der Waals surface area contributed by atoms with Crippen LogP contribution in [0.5, 0.6) is 0 Å². The van der Waals surface area contributed by atoms with E-state index < -0.39 is 0 Å². The Kier molecular flexibility index (Phi) is 1.89. The van der Waals surface area contributed by atoms with Crippen molar-refractivity contribution < 1.29 is 0 Å². The average molecular weight is 234 g/mol. The van der Waals surface area contributed by atoms with Crippen LogP contribution in [-0.4, -0.2) is 3.78 Å². The van der Waals surface area contributed by atoms with Crippen molar-refractivity contribution in [1.82, 2.24) is 0 Å². The zero-order chi connectivity index (χ0) is 7.90. The molecule has 2 heteroatoms. The van der Waals surface area contributed by atoms with E-state index >= 15 is 0 Å². The Morgan fingerprint density at radius 2 is 1.64 bits per heavy atom. The van der Waals surface area contributed by atoms with Gasteiger partial charge in [-0.3, -0.25) is 0 Å². The SMILES string of the molecule is ClC1(Br)C2=C1CC/C=C\CC2. The predicted molar refractivity (Wildman–Crippen MR) is 52.1 cm³/mol. The molecule has 0 unspecified atom stereocenters. The van der Waals surface area contributed by atoms with Gasteiger partial charge < -0.3 is 0 Å². The van der Waals surface area contributed by atoms with Gasteiger partial charge >= 0.3 is 0 Å². The highest BCUT2D eigenvalue weighted by molar-refractivity contribution is 9.10. The van der Waals surface area contributed by atoms with E-state index in [4.69, 9.17) is 11.6 Å². The lowest BCUT2D eigenvalue weighted by molar-refractivity contribution is 0.962. The molecular weight excluding hydrogens is 223 g/mol. The molecule has 0 aromatic carbocycles. The van der Waals surface area contributed by atoms with Crippen LogP contribution in [-0.2, 0) is 0 Å². The zero-order valence-electron chi connectivity index (χ0n) is 6.24. The standard InChI is InChI=1S/C9H10BrCl/c10-9(11)7-5-3-1-2-4-6-8(7)9/h1-2H,3-6H2/b2-1-. The van der Waals surface area contributed by atoms with E-state index in [-0.39, 0.29) is 3.78 Å². The summed E-state index contributed by atoms with van der Waals surface area (Å²) in [6.45, 7) is 0. The predicted octanol–water partition coefficient (Wildman–Crippen LogP) is 3.76. The van der Waals surface area contributed by atoms with E-state index in [0.29, 0.717) is 0 Å². The summed E-state index contributed by atoms with van der Waals surface area (Å²) in [6.07, 6.45) is 9.09. The molecule has 60 valence electrons. The molecule has 2 aliphatic carbocycles. The minimum atomic E-state index is -0.195. The van der Waals surface area contributed by atoms with Gasteiger partial charge in [0.2, 0.25) is 0 Å². The summed E-state index contributed by atoms with van der Waals surface area (Å²) in [5.74, 6) is 0. The summed E-state index contributed by atoms with van der Waals surface area (Å²) < 4.78 is -0.195. The minimum absolute atomic E-state index is 0.195. The van der Waals surface area contributed by atoms with Crippen molar-refractivity contribution in [1.29, 1.82) is 0 Å². The Morgan fingerprint density at radius 1 is 1.18 bits per heavy atom. The fraction of sp³-hybridized carbons (Fsp3) is 0.556. The molecule has 2 rings (SSSR count). The summed E-state index contributed by atoms with van der Waals surface area (Å²) in [6, 6.07) is 0. The molecule has 0 N–H and O–H groups in total. The highest BCUT2D eigenvalue weighted by atomic mass is 79.9. The van der Waals surface area contributed by atoms with Gasteiger partial charge in [-0.05, 0) is 36.8 Å². The van der Waals surface area contributed by atoms with Gasteiger partial charge in [0.05, 0.1) is 0 Å². The molecule has 2 aliphatic rings. The van der Waals surface area contributed by atoms with Gasteiger partial charge in [-0.2, -0.15) is 0 Å². The Balaban J connectivity index is 2.09. The van der Waals surface area contributed by atoms with Crippen molar-refractivity contribution in [2.75, 3.05) is 0 Å². The number of hydrogen-bond acceptors (Lipinski definition) is 0. The van der Waals surface area contributed by atoms with E-state index in [1.165, 1.54) is 11.1 Å². The van der Waals surface area contributed by atoms with Gasteiger partial charge in [0.15, 0.2) is 0 Å². The Bertz CT molecular complexity index is 216. The molecule has 0 saturated carbocycles. The lowest BCUT2D eigenvalue weighted by Gasteiger charge is -1.97. The molecule has 0 aliphatic heterocycles. The largest absolute Gasteiger partial charge is 0.142 e. The van der Waals surface area contributed by atoms with Gasteiger partial charge in [0.25, 0.3) is 0 Å². The Morgan fingerprint density at radius 3 is 2.09 bits per heavy atom. The van der Waals surface area contributed by atoms with Crippen LogP contribution in [0.25, 0.3) is 0 Å². The normalized spacial score (nSPS) is 30.4. The number of hydrogen-bond donors (Lipinski definition) is 0. The molecule has 0 bridgehead atoms. The second-order valence-corrected chi connectivity index (χ2v) is 5.29. The number of halogens is 2. The van der Waals surface area contributed by atoms with Gasteiger partial charge in [0, 0.05) is 0 Å². The molecule has 0 fully saturated rings. The molecule has 0 atom stereocenters. The van der Waals surface area contributed by atoms with E-state index in [9.17, 15) is 0 Å². The summed E-state index contributed by atoms with van der Waals surface area (Å²) in [5, 5.41) is 0. The summed E-state index contributed by atoms with van der Waals surface area (Å²) in [4.78, 5) is 0. The molecule has 0 radical (unpaired) electrons. The number of alkyl halides is 2. The number of rotatable bonds is 0. The molecular formula is C9H10BrCl. The molecule has 0 spiro atoms. The molecule has 0 heterocycles. The van der Waals surface area contributed by atoms with Crippen molar-refractivity contribution in [3.63, 3.8) is 0 Å². The molecule has 11 heavy (non-hydrogen) atoms. The first kappa shape index (κ1) is 7.88. The van der Waals surface area contributed by atoms with Crippen LogP contribution in [0.3, 0.4) is 0 Å². The average Bonchev–Trinajstić information content (AvgIpc) is 2.29. The lowest BCUT2D eigenvalue weighted by Crippen LogP contribution is -1.91. The number of allylic oxidation sites excluding steroid dienone is 4. The van der Waals surface area contributed by atoms with Crippen LogP contribution >= 0.6 is 27.5 Å². The first-order valence-corrected chi connectivity index (χ1v) is 5.16. The molecule has 0 saturated heterocycles. The van der Waals surface area contributed by atoms with E-state index in [1.54, 1.807) is 0 Å². The van der Waals surface area contributed by atoms with Crippen LogP contribution in [0.1, 0.15) is 25.7 Å². The van der Waals surface area contributed by atoms with Gasteiger partial charge in [0.1, 0.15) is 3.78 Å². The van der Waals surface area contributed by atoms with Crippen LogP contribution in [0.2, 0.25) is 0 Å². The first-order chi connectivity index (χ1) is 5.23. The van der Waals surface area contributed by atoms with E-state index in [2.05, 4.69) is 28.1 Å². The van der Waals surface area contributed by atoms with Crippen molar-refractivity contribution in [3.8, 4) is 0 Å². The van der Waals surface area contributed by atoms with Gasteiger partial charge in [-0.1, -0.05) is 39.7 Å². The van der Waals surface area contributed by atoms with Crippen molar-refractivity contribution >= 4 is 27.5 Å². The smallest absolute Gasteiger partial charge is 0.0968 e. The topological polar surface area (TPSA) is 0 Å². The van der Waals surface area contributed by atoms with E-state index in [1.807, 2.05) is 0 Å². The summed E-state index contributed by atoms with van der Waals surface area (Å²) in [7, 11) is 0. The van der Waals surface area contributed by atoms with Crippen molar-refractivity contribution in [2.45, 2.75) is 29.5 Å². The third-order valence-electron chi connectivity index (χ3n) is 2.35.